The summed E-state index contributed by atoms with van der Waals surface area (Å²) in [5, 5.41) is 16.1. The number of anilines is 2. The summed E-state index contributed by atoms with van der Waals surface area (Å²) in [6.45, 7) is 2.87. The number of likely N-dealkylation sites (N-methyl/N-ethyl adjacent to an activating group) is 1. The number of non-ortho nitro benzene ring substituents is 1. The third-order valence-corrected chi connectivity index (χ3v) is 3.95. The summed E-state index contributed by atoms with van der Waals surface area (Å²) in [4.78, 5) is 47.2. The summed E-state index contributed by atoms with van der Waals surface area (Å²) < 4.78 is 5.32. The molecule has 0 aliphatic rings. The van der Waals surface area contributed by atoms with Crippen molar-refractivity contribution in [2.45, 2.75) is 13.8 Å². The largest absolute Gasteiger partial charge is 0.484 e. The lowest BCUT2D eigenvalue weighted by atomic mass is 10.2. The van der Waals surface area contributed by atoms with E-state index in [9.17, 15) is 24.5 Å². The monoisotopic (exact) mass is 414 g/mol. The van der Waals surface area contributed by atoms with Gasteiger partial charge in [-0.1, -0.05) is 6.07 Å². The lowest BCUT2D eigenvalue weighted by molar-refractivity contribution is -0.384. The van der Waals surface area contributed by atoms with Gasteiger partial charge in [0.1, 0.15) is 5.75 Å². The Morgan fingerprint density at radius 2 is 1.70 bits per heavy atom. The first-order chi connectivity index (χ1) is 14.3. The molecule has 0 heterocycles. The zero-order valence-electron chi connectivity index (χ0n) is 16.6. The fourth-order valence-corrected chi connectivity index (χ4v) is 2.51. The van der Waals surface area contributed by atoms with E-state index in [1.807, 2.05) is 0 Å². The average molecular weight is 414 g/mol. The maximum Gasteiger partial charge on any atom is 0.273 e. The van der Waals surface area contributed by atoms with Crippen LogP contribution in [0.15, 0.2) is 48.5 Å². The smallest absolute Gasteiger partial charge is 0.273 e. The molecule has 2 aromatic rings. The van der Waals surface area contributed by atoms with Crippen molar-refractivity contribution in [1.82, 2.24) is 4.90 Å². The predicted molar refractivity (Wildman–Crippen MR) is 110 cm³/mol. The summed E-state index contributed by atoms with van der Waals surface area (Å²) in [7, 11) is 0. The number of hydrogen-bond donors (Lipinski definition) is 2. The van der Waals surface area contributed by atoms with E-state index in [0.717, 1.165) is 0 Å². The highest BCUT2D eigenvalue weighted by atomic mass is 16.6. The number of hydrogen-bond acceptors (Lipinski definition) is 6. The molecule has 0 bridgehead atoms. The van der Waals surface area contributed by atoms with Crippen molar-refractivity contribution in [1.29, 1.82) is 0 Å². The Bertz CT molecular complexity index is 929. The van der Waals surface area contributed by atoms with Gasteiger partial charge in [0.05, 0.1) is 17.5 Å². The lowest BCUT2D eigenvalue weighted by Crippen LogP contribution is -2.40. The first kappa shape index (κ1) is 22.3. The lowest BCUT2D eigenvalue weighted by Gasteiger charge is -2.20. The predicted octanol–water partition coefficient (Wildman–Crippen LogP) is 2.42. The van der Waals surface area contributed by atoms with Gasteiger partial charge in [0, 0.05) is 30.9 Å². The number of benzene rings is 2. The molecule has 2 aromatic carbocycles. The number of rotatable bonds is 9. The number of nitro groups is 1. The van der Waals surface area contributed by atoms with Gasteiger partial charge in [-0.2, -0.15) is 0 Å². The second-order valence-electron chi connectivity index (χ2n) is 6.26. The van der Waals surface area contributed by atoms with Crippen LogP contribution in [0.3, 0.4) is 0 Å². The fourth-order valence-electron chi connectivity index (χ4n) is 2.51. The second kappa shape index (κ2) is 10.6. The van der Waals surface area contributed by atoms with Crippen molar-refractivity contribution in [3.8, 4) is 5.75 Å². The van der Waals surface area contributed by atoms with E-state index in [1.165, 1.54) is 36.1 Å². The first-order valence-corrected chi connectivity index (χ1v) is 9.11. The van der Waals surface area contributed by atoms with Crippen LogP contribution in [0.5, 0.6) is 5.75 Å². The van der Waals surface area contributed by atoms with E-state index in [0.29, 0.717) is 11.4 Å². The average Bonchev–Trinajstić information content (AvgIpc) is 2.71. The van der Waals surface area contributed by atoms with Gasteiger partial charge in [-0.05, 0) is 37.3 Å². The fraction of sp³-hybridized carbons (Fsp3) is 0.250. The Labute approximate surface area is 173 Å². The molecule has 2 N–H and O–H groups in total. The number of nitrogens with one attached hydrogen (secondary N) is 2. The molecule has 10 nitrogen and oxygen atoms in total. The summed E-state index contributed by atoms with van der Waals surface area (Å²) in [6.07, 6.45) is 0. The first-order valence-electron chi connectivity index (χ1n) is 9.11. The molecule has 3 amide bonds. The summed E-state index contributed by atoms with van der Waals surface area (Å²) >= 11 is 0. The van der Waals surface area contributed by atoms with E-state index in [4.69, 9.17) is 4.74 Å². The van der Waals surface area contributed by atoms with Gasteiger partial charge < -0.3 is 20.3 Å². The molecular weight excluding hydrogens is 392 g/mol. The van der Waals surface area contributed by atoms with Crippen molar-refractivity contribution in [3.05, 3.63) is 58.6 Å². The van der Waals surface area contributed by atoms with Gasteiger partial charge in [0.15, 0.2) is 6.61 Å². The Balaban J connectivity index is 1.88. The van der Waals surface area contributed by atoms with Gasteiger partial charge in [0.2, 0.25) is 11.8 Å². The molecule has 0 aliphatic carbocycles. The minimum atomic E-state index is -0.555. The summed E-state index contributed by atoms with van der Waals surface area (Å²) in [5.74, 6) is -0.832. The molecule has 158 valence electrons. The molecule has 0 aliphatic heterocycles. The van der Waals surface area contributed by atoms with Crippen LogP contribution in [0, 0.1) is 10.1 Å². The van der Waals surface area contributed by atoms with E-state index in [1.54, 1.807) is 31.2 Å². The zero-order valence-corrected chi connectivity index (χ0v) is 16.6. The minimum Gasteiger partial charge on any atom is -0.484 e. The van der Waals surface area contributed by atoms with Crippen molar-refractivity contribution in [2.24, 2.45) is 0 Å². The van der Waals surface area contributed by atoms with Crippen LogP contribution in [-0.4, -0.2) is 47.2 Å². The van der Waals surface area contributed by atoms with E-state index in [-0.39, 0.29) is 37.0 Å². The van der Waals surface area contributed by atoms with Crippen molar-refractivity contribution in [3.63, 3.8) is 0 Å². The standard InChI is InChI=1S/C20H22N4O6/c1-3-23(20(27)13-30-18-6-4-5-17(11-18)24(28)29)12-19(26)22-16-9-7-15(8-10-16)21-14(2)25/h4-11H,3,12-13H2,1-2H3,(H,21,25)(H,22,26). The van der Waals surface area contributed by atoms with Crippen LogP contribution in [0.4, 0.5) is 17.1 Å². The highest BCUT2D eigenvalue weighted by Crippen LogP contribution is 2.19. The molecule has 0 spiro atoms. The van der Waals surface area contributed by atoms with Crippen molar-refractivity contribution >= 4 is 34.8 Å². The van der Waals surface area contributed by atoms with Gasteiger partial charge >= 0.3 is 0 Å². The topological polar surface area (TPSA) is 131 Å². The normalized spacial score (nSPS) is 10.1. The minimum absolute atomic E-state index is 0.142. The van der Waals surface area contributed by atoms with E-state index >= 15 is 0 Å². The van der Waals surface area contributed by atoms with Gasteiger partial charge in [0.25, 0.3) is 11.6 Å². The summed E-state index contributed by atoms with van der Waals surface area (Å²) in [5.41, 5.74) is 0.978. The Hall–Kier alpha value is -3.95. The Morgan fingerprint density at radius 3 is 2.27 bits per heavy atom. The van der Waals surface area contributed by atoms with Crippen LogP contribution >= 0.6 is 0 Å². The second-order valence-corrected chi connectivity index (χ2v) is 6.26. The third-order valence-electron chi connectivity index (χ3n) is 3.95. The van der Waals surface area contributed by atoms with Crippen molar-refractivity contribution < 1.29 is 24.0 Å². The van der Waals surface area contributed by atoms with Gasteiger partial charge in [-0.15, -0.1) is 0 Å². The molecule has 0 saturated carbocycles. The van der Waals surface area contributed by atoms with Crippen LogP contribution in [0.2, 0.25) is 0 Å². The number of ether oxygens (including phenoxy) is 1. The van der Waals surface area contributed by atoms with Crippen molar-refractivity contribution in [2.75, 3.05) is 30.3 Å². The maximum absolute atomic E-state index is 12.3. The molecule has 30 heavy (non-hydrogen) atoms. The number of carbonyl (C=O) groups excluding carboxylic acids is 3. The maximum atomic E-state index is 12.3. The molecule has 0 radical (unpaired) electrons. The third kappa shape index (κ3) is 6.89. The molecule has 0 aromatic heterocycles. The van der Waals surface area contributed by atoms with Gasteiger partial charge in [-0.3, -0.25) is 24.5 Å². The Kier molecular flexibility index (Phi) is 7.86. The molecular formula is C20H22N4O6. The number of nitro benzene ring substituents is 1. The SMILES string of the molecule is CCN(CC(=O)Nc1ccc(NC(C)=O)cc1)C(=O)COc1cccc([N+](=O)[O-])c1. The van der Waals surface area contributed by atoms with Crippen LogP contribution in [0.1, 0.15) is 13.8 Å². The van der Waals surface area contributed by atoms with Gasteiger partial charge in [-0.25, -0.2) is 0 Å². The van der Waals surface area contributed by atoms with Crippen LogP contribution in [0.25, 0.3) is 0 Å². The molecule has 0 fully saturated rings. The highest BCUT2D eigenvalue weighted by molar-refractivity contribution is 5.95. The van der Waals surface area contributed by atoms with Crippen LogP contribution in [-0.2, 0) is 14.4 Å². The molecule has 0 saturated heterocycles. The van der Waals surface area contributed by atoms with Crippen LogP contribution < -0.4 is 15.4 Å². The molecule has 10 heteroatoms. The molecule has 2 rings (SSSR count). The quantitative estimate of drug-likeness (QED) is 0.479. The Morgan fingerprint density at radius 1 is 1.07 bits per heavy atom. The zero-order chi connectivity index (χ0) is 22.1. The summed E-state index contributed by atoms with van der Waals surface area (Å²) in [6, 6.07) is 12.1. The number of nitrogens with zero attached hydrogens (tertiary/aromatic N) is 2. The van der Waals surface area contributed by atoms with E-state index in [2.05, 4.69) is 10.6 Å². The molecule has 0 atom stereocenters. The molecule has 0 unspecified atom stereocenters. The highest BCUT2D eigenvalue weighted by Gasteiger charge is 2.17. The number of amides is 3. The number of carbonyl (C=O) groups is 3. The van der Waals surface area contributed by atoms with E-state index < -0.39 is 16.7 Å².